The standard InChI is InChI=1S/C14H20N4O3/c19-13(20)11-2-5-17(6-3-11)12-1-4-15-14(16-12)18-7-9-21-10-8-18/h1,4,11H,2-3,5-10H2,(H,19,20). The molecule has 0 spiro atoms. The summed E-state index contributed by atoms with van der Waals surface area (Å²) in [4.78, 5) is 24.2. The fourth-order valence-electron chi connectivity index (χ4n) is 2.79. The van der Waals surface area contributed by atoms with Crippen molar-refractivity contribution < 1.29 is 14.6 Å². The van der Waals surface area contributed by atoms with Gasteiger partial charge in [0.05, 0.1) is 19.1 Å². The zero-order chi connectivity index (χ0) is 14.7. The maximum Gasteiger partial charge on any atom is 0.306 e. The van der Waals surface area contributed by atoms with Crippen molar-refractivity contribution >= 4 is 17.7 Å². The molecule has 0 amide bonds. The molecule has 2 aliphatic rings. The van der Waals surface area contributed by atoms with Gasteiger partial charge in [0, 0.05) is 32.4 Å². The number of nitrogens with zero attached hydrogens (tertiary/aromatic N) is 4. The Morgan fingerprint density at radius 3 is 2.57 bits per heavy atom. The summed E-state index contributed by atoms with van der Waals surface area (Å²) in [6.07, 6.45) is 3.12. The minimum atomic E-state index is -0.689. The molecule has 0 atom stereocenters. The first kappa shape index (κ1) is 14.1. The van der Waals surface area contributed by atoms with Gasteiger partial charge in [-0.05, 0) is 18.9 Å². The first-order chi connectivity index (χ1) is 10.2. The van der Waals surface area contributed by atoms with Gasteiger partial charge in [0.1, 0.15) is 5.82 Å². The summed E-state index contributed by atoms with van der Waals surface area (Å²) in [7, 11) is 0. The van der Waals surface area contributed by atoms with Crippen LogP contribution in [-0.2, 0) is 9.53 Å². The molecular formula is C14H20N4O3. The summed E-state index contributed by atoms with van der Waals surface area (Å²) in [5.41, 5.74) is 0. The summed E-state index contributed by atoms with van der Waals surface area (Å²) in [6.45, 7) is 4.50. The van der Waals surface area contributed by atoms with Crippen molar-refractivity contribution in [2.45, 2.75) is 12.8 Å². The number of hydrogen-bond donors (Lipinski definition) is 1. The average molecular weight is 292 g/mol. The quantitative estimate of drug-likeness (QED) is 0.874. The summed E-state index contributed by atoms with van der Waals surface area (Å²) in [5.74, 6) is 0.708. The second kappa shape index (κ2) is 6.26. The number of carboxylic acid groups (broad SMARTS) is 1. The molecule has 0 aromatic carbocycles. The number of aromatic nitrogens is 2. The van der Waals surface area contributed by atoms with Gasteiger partial charge >= 0.3 is 5.97 Å². The van der Waals surface area contributed by atoms with Gasteiger partial charge in [0.2, 0.25) is 5.95 Å². The number of piperidine rings is 1. The number of morpholine rings is 1. The molecule has 21 heavy (non-hydrogen) atoms. The fourth-order valence-corrected chi connectivity index (χ4v) is 2.79. The molecule has 0 radical (unpaired) electrons. The molecule has 0 unspecified atom stereocenters. The highest BCUT2D eigenvalue weighted by Gasteiger charge is 2.25. The first-order valence-corrected chi connectivity index (χ1v) is 7.37. The average Bonchev–Trinajstić information content (AvgIpc) is 2.56. The number of anilines is 2. The molecule has 2 aliphatic heterocycles. The predicted molar refractivity (Wildman–Crippen MR) is 77.6 cm³/mol. The van der Waals surface area contributed by atoms with Crippen molar-refractivity contribution in [2.24, 2.45) is 5.92 Å². The van der Waals surface area contributed by atoms with Gasteiger partial charge in [-0.3, -0.25) is 4.79 Å². The van der Waals surface area contributed by atoms with Crippen LogP contribution in [0.3, 0.4) is 0 Å². The van der Waals surface area contributed by atoms with E-state index in [0.717, 1.165) is 37.9 Å². The van der Waals surface area contributed by atoms with Gasteiger partial charge in [0.25, 0.3) is 0 Å². The fraction of sp³-hybridized carbons (Fsp3) is 0.643. The van der Waals surface area contributed by atoms with E-state index >= 15 is 0 Å². The largest absolute Gasteiger partial charge is 0.481 e. The Kier molecular flexibility index (Phi) is 4.19. The molecule has 3 rings (SSSR count). The summed E-state index contributed by atoms with van der Waals surface area (Å²) in [5, 5.41) is 9.05. The molecule has 1 aromatic rings. The highest BCUT2D eigenvalue weighted by molar-refractivity contribution is 5.70. The van der Waals surface area contributed by atoms with E-state index in [1.165, 1.54) is 0 Å². The Labute approximate surface area is 123 Å². The number of hydrogen-bond acceptors (Lipinski definition) is 6. The van der Waals surface area contributed by atoms with Crippen molar-refractivity contribution in [3.63, 3.8) is 0 Å². The van der Waals surface area contributed by atoms with Crippen LogP contribution in [-0.4, -0.2) is 60.4 Å². The van der Waals surface area contributed by atoms with E-state index in [1.54, 1.807) is 6.20 Å². The number of carboxylic acids is 1. The van der Waals surface area contributed by atoms with Crippen LogP contribution in [0.25, 0.3) is 0 Å². The minimum absolute atomic E-state index is 0.221. The van der Waals surface area contributed by atoms with Crippen LogP contribution in [0.1, 0.15) is 12.8 Å². The van der Waals surface area contributed by atoms with Crippen LogP contribution in [0.15, 0.2) is 12.3 Å². The van der Waals surface area contributed by atoms with Crippen LogP contribution in [0.5, 0.6) is 0 Å². The molecule has 7 heteroatoms. The van der Waals surface area contributed by atoms with E-state index in [1.807, 2.05) is 6.07 Å². The zero-order valence-corrected chi connectivity index (χ0v) is 11.9. The lowest BCUT2D eigenvalue weighted by Crippen LogP contribution is -2.39. The Morgan fingerprint density at radius 2 is 1.90 bits per heavy atom. The number of carbonyl (C=O) groups is 1. The van der Waals surface area contributed by atoms with Crippen molar-refractivity contribution in [1.82, 2.24) is 9.97 Å². The Hall–Kier alpha value is -1.89. The Bertz CT molecular complexity index is 497. The topological polar surface area (TPSA) is 78.8 Å². The van der Waals surface area contributed by atoms with Crippen molar-refractivity contribution in [2.75, 3.05) is 49.2 Å². The third-order valence-electron chi connectivity index (χ3n) is 4.09. The van der Waals surface area contributed by atoms with Crippen LogP contribution in [0.4, 0.5) is 11.8 Å². The molecule has 114 valence electrons. The molecule has 7 nitrogen and oxygen atoms in total. The molecule has 0 bridgehead atoms. The smallest absolute Gasteiger partial charge is 0.306 e. The number of rotatable bonds is 3. The van der Waals surface area contributed by atoms with Gasteiger partial charge in [-0.15, -0.1) is 0 Å². The van der Waals surface area contributed by atoms with E-state index < -0.39 is 5.97 Å². The zero-order valence-electron chi connectivity index (χ0n) is 11.9. The summed E-state index contributed by atoms with van der Waals surface area (Å²) < 4.78 is 5.34. The van der Waals surface area contributed by atoms with Crippen LogP contribution in [0.2, 0.25) is 0 Å². The van der Waals surface area contributed by atoms with Gasteiger partial charge in [-0.1, -0.05) is 0 Å². The summed E-state index contributed by atoms with van der Waals surface area (Å²) in [6, 6.07) is 1.89. The lowest BCUT2D eigenvalue weighted by atomic mass is 9.97. The van der Waals surface area contributed by atoms with Gasteiger partial charge in [-0.25, -0.2) is 4.98 Å². The van der Waals surface area contributed by atoms with Gasteiger partial charge < -0.3 is 19.6 Å². The Balaban J connectivity index is 1.67. The number of aliphatic carboxylic acids is 1. The lowest BCUT2D eigenvalue weighted by molar-refractivity contribution is -0.142. The highest BCUT2D eigenvalue weighted by Crippen LogP contribution is 2.23. The van der Waals surface area contributed by atoms with E-state index in [0.29, 0.717) is 26.1 Å². The number of ether oxygens (including phenoxy) is 1. The summed E-state index contributed by atoms with van der Waals surface area (Å²) >= 11 is 0. The van der Waals surface area contributed by atoms with Crippen molar-refractivity contribution in [3.05, 3.63) is 12.3 Å². The van der Waals surface area contributed by atoms with Crippen LogP contribution in [0, 0.1) is 5.92 Å². The van der Waals surface area contributed by atoms with Gasteiger partial charge in [-0.2, -0.15) is 4.98 Å². The van der Waals surface area contributed by atoms with E-state index in [4.69, 9.17) is 9.84 Å². The third kappa shape index (κ3) is 3.24. The molecule has 2 saturated heterocycles. The second-order valence-electron chi connectivity index (χ2n) is 5.41. The molecule has 1 aromatic heterocycles. The third-order valence-corrected chi connectivity index (χ3v) is 4.09. The monoisotopic (exact) mass is 292 g/mol. The molecule has 0 saturated carbocycles. The van der Waals surface area contributed by atoms with E-state index in [2.05, 4.69) is 19.8 Å². The van der Waals surface area contributed by atoms with Crippen LogP contribution < -0.4 is 9.80 Å². The molecule has 2 fully saturated rings. The molecule has 3 heterocycles. The second-order valence-corrected chi connectivity index (χ2v) is 5.41. The highest BCUT2D eigenvalue weighted by atomic mass is 16.5. The Morgan fingerprint density at radius 1 is 1.19 bits per heavy atom. The SMILES string of the molecule is O=C(O)C1CCN(c2ccnc(N3CCOCC3)n2)CC1. The molecular weight excluding hydrogens is 272 g/mol. The molecule has 0 aliphatic carbocycles. The lowest BCUT2D eigenvalue weighted by Gasteiger charge is -2.32. The van der Waals surface area contributed by atoms with E-state index in [-0.39, 0.29) is 5.92 Å². The maximum atomic E-state index is 11.0. The van der Waals surface area contributed by atoms with E-state index in [9.17, 15) is 4.79 Å². The predicted octanol–water partition coefficient (Wildman–Crippen LogP) is 0.614. The van der Waals surface area contributed by atoms with Crippen molar-refractivity contribution in [3.8, 4) is 0 Å². The molecule has 1 N–H and O–H groups in total. The normalized spacial score (nSPS) is 20.6. The van der Waals surface area contributed by atoms with Crippen molar-refractivity contribution in [1.29, 1.82) is 0 Å². The first-order valence-electron chi connectivity index (χ1n) is 7.37. The minimum Gasteiger partial charge on any atom is -0.481 e. The van der Waals surface area contributed by atoms with Gasteiger partial charge in [0.15, 0.2) is 0 Å². The van der Waals surface area contributed by atoms with Crippen LogP contribution >= 0.6 is 0 Å². The maximum absolute atomic E-state index is 11.0.